The van der Waals surface area contributed by atoms with Crippen molar-refractivity contribution in [3.63, 3.8) is 0 Å². The van der Waals surface area contributed by atoms with Gasteiger partial charge >= 0.3 is 0 Å². The minimum absolute atomic E-state index is 0.371. The lowest BCUT2D eigenvalue weighted by atomic mass is 9.95. The largest absolute Gasteiger partial charge is 0.294 e. The van der Waals surface area contributed by atoms with E-state index in [0.29, 0.717) is 11.7 Å². The maximum atomic E-state index is 12.5. The third-order valence-corrected chi connectivity index (χ3v) is 4.96. The van der Waals surface area contributed by atoms with E-state index in [9.17, 15) is 4.79 Å². The van der Waals surface area contributed by atoms with E-state index in [1.807, 2.05) is 6.07 Å². The molecular formula is C17H22O. The average Bonchev–Trinajstić information content (AvgIpc) is 2.89. The highest BCUT2D eigenvalue weighted by Crippen LogP contribution is 2.58. The number of carbonyl (C=O) groups is 1. The van der Waals surface area contributed by atoms with E-state index in [2.05, 4.69) is 26.0 Å². The number of hydrogen-bond donors (Lipinski definition) is 0. The van der Waals surface area contributed by atoms with Gasteiger partial charge in [-0.25, -0.2) is 0 Å². The van der Waals surface area contributed by atoms with Crippen molar-refractivity contribution in [3.05, 3.63) is 34.9 Å². The second-order valence-corrected chi connectivity index (χ2v) is 5.84. The Kier molecular flexibility index (Phi) is 3.01. The lowest BCUT2D eigenvalue weighted by molar-refractivity contribution is 0.0951. The average molecular weight is 242 g/mol. The summed E-state index contributed by atoms with van der Waals surface area (Å²) < 4.78 is 0. The standard InChI is InChI=1S/C17H22O/c1-3-11-8-9-13(10-12(11)4-2)17(18)16-14-6-5-7-15(14)16/h8-10,14-16H,3-7H2,1-2H3. The van der Waals surface area contributed by atoms with Crippen LogP contribution in [0.4, 0.5) is 0 Å². The van der Waals surface area contributed by atoms with Crippen LogP contribution in [0.15, 0.2) is 18.2 Å². The van der Waals surface area contributed by atoms with Gasteiger partial charge in [-0.1, -0.05) is 32.4 Å². The van der Waals surface area contributed by atoms with Crippen LogP contribution >= 0.6 is 0 Å². The van der Waals surface area contributed by atoms with Crippen LogP contribution in [-0.4, -0.2) is 5.78 Å². The minimum Gasteiger partial charge on any atom is -0.294 e. The molecule has 2 unspecified atom stereocenters. The van der Waals surface area contributed by atoms with Crippen LogP contribution in [-0.2, 0) is 12.8 Å². The normalized spacial score (nSPS) is 29.1. The SMILES string of the molecule is CCc1ccc(C(=O)C2C3CCCC32)cc1CC. The maximum absolute atomic E-state index is 12.5. The molecule has 96 valence electrons. The number of carbonyl (C=O) groups excluding carboxylic acids is 1. The van der Waals surface area contributed by atoms with Crippen LogP contribution in [0.25, 0.3) is 0 Å². The molecule has 3 rings (SSSR count). The molecule has 2 atom stereocenters. The summed E-state index contributed by atoms with van der Waals surface area (Å²) in [7, 11) is 0. The molecule has 0 aliphatic heterocycles. The van der Waals surface area contributed by atoms with Crippen LogP contribution in [0.5, 0.6) is 0 Å². The molecule has 1 aromatic rings. The van der Waals surface area contributed by atoms with Gasteiger partial charge in [0.25, 0.3) is 0 Å². The smallest absolute Gasteiger partial charge is 0.166 e. The Bertz CT molecular complexity index is 464. The predicted octanol–water partition coefficient (Wildman–Crippen LogP) is 4.04. The van der Waals surface area contributed by atoms with Crippen LogP contribution in [0.2, 0.25) is 0 Å². The van der Waals surface area contributed by atoms with Crippen molar-refractivity contribution in [2.24, 2.45) is 17.8 Å². The lowest BCUT2D eigenvalue weighted by Crippen LogP contribution is -2.07. The van der Waals surface area contributed by atoms with Crippen molar-refractivity contribution in [2.75, 3.05) is 0 Å². The Labute approximate surface area is 110 Å². The van der Waals surface area contributed by atoms with E-state index in [1.165, 1.54) is 30.4 Å². The van der Waals surface area contributed by atoms with Crippen LogP contribution < -0.4 is 0 Å². The summed E-state index contributed by atoms with van der Waals surface area (Å²) in [5, 5.41) is 0. The van der Waals surface area contributed by atoms with Gasteiger partial charge in [0.05, 0.1) is 0 Å². The first-order valence-corrected chi connectivity index (χ1v) is 7.42. The summed E-state index contributed by atoms with van der Waals surface area (Å²) in [5.41, 5.74) is 3.71. The molecule has 0 saturated heterocycles. The van der Waals surface area contributed by atoms with Gasteiger partial charge < -0.3 is 0 Å². The number of rotatable bonds is 4. The fourth-order valence-corrected chi connectivity index (χ4v) is 3.86. The Morgan fingerprint density at radius 1 is 1.11 bits per heavy atom. The fourth-order valence-electron chi connectivity index (χ4n) is 3.86. The number of ketones is 1. The van der Waals surface area contributed by atoms with Gasteiger partial charge in [0.15, 0.2) is 5.78 Å². The van der Waals surface area contributed by atoms with E-state index in [-0.39, 0.29) is 0 Å². The van der Waals surface area contributed by atoms with Crippen LogP contribution in [0.3, 0.4) is 0 Å². The summed E-state index contributed by atoms with van der Waals surface area (Å²) in [6, 6.07) is 6.35. The maximum Gasteiger partial charge on any atom is 0.166 e. The molecule has 18 heavy (non-hydrogen) atoms. The predicted molar refractivity (Wildman–Crippen MR) is 73.8 cm³/mol. The van der Waals surface area contributed by atoms with Crippen LogP contribution in [0, 0.1) is 17.8 Å². The monoisotopic (exact) mass is 242 g/mol. The molecular weight excluding hydrogens is 220 g/mol. The topological polar surface area (TPSA) is 17.1 Å². The first kappa shape index (κ1) is 12.0. The van der Waals surface area contributed by atoms with Gasteiger partial charge in [-0.05, 0) is 54.7 Å². The molecule has 1 aromatic carbocycles. The third kappa shape index (κ3) is 1.81. The molecule has 0 N–H and O–H groups in total. The third-order valence-electron chi connectivity index (χ3n) is 4.96. The second kappa shape index (κ2) is 4.53. The van der Waals surface area contributed by atoms with Crippen LogP contribution in [0.1, 0.15) is 54.6 Å². The zero-order chi connectivity index (χ0) is 12.7. The molecule has 0 radical (unpaired) electrons. The molecule has 2 fully saturated rings. The van der Waals surface area contributed by atoms with Crippen molar-refractivity contribution in [2.45, 2.75) is 46.0 Å². The van der Waals surface area contributed by atoms with E-state index >= 15 is 0 Å². The Balaban J connectivity index is 1.82. The fraction of sp³-hybridized carbons (Fsp3) is 0.588. The molecule has 0 spiro atoms. The van der Waals surface area contributed by atoms with Gasteiger partial charge in [-0.3, -0.25) is 4.79 Å². The van der Waals surface area contributed by atoms with Gasteiger partial charge in [0.2, 0.25) is 0 Å². The highest BCUT2D eigenvalue weighted by atomic mass is 16.1. The molecule has 1 nitrogen and oxygen atoms in total. The highest BCUT2D eigenvalue weighted by Gasteiger charge is 2.56. The molecule has 2 aliphatic carbocycles. The first-order chi connectivity index (χ1) is 8.76. The number of hydrogen-bond acceptors (Lipinski definition) is 1. The molecule has 0 heterocycles. The minimum atomic E-state index is 0.371. The molecule has 0 bridgehead atoms. The van der Waals surface area contributed by atoms with Crippen molar-refractivity contribution in [1.82, 2.24) is 0 Å². The Morgan fingerprint density at radius 2 is 1.78 bits per heavy atom. The van der Waals surface area contributed by atoms with Gasteiger partial charge in [-0.15, -0.1) is 0 Å². The summed E-state index contributed by atoms with van der Waals surface area (Å²) in [4.78, 5) is 12.5. The summed E-state index contributed by atoms with van der Waals surface area (Å²) >= 11 is 0. The van der Waals surface area contributed by atoms with Crippen molar-refractivity contribution in [3.8, 4) is 0 Å². The number of Topliss-reactive ketones (excluding diaryl/α,β-unsaturated/α-hetero) is 1. The number of benzene rings is 1. The van der Waals surface area contributed by atoms with E-state index in [0.717, 1.165) is 30.2 Å². The summed E-state index contributed by atoms with van der Waals surface area (Å²) in [6.45, 7) is 4.36. The lowest BCUT2D eigenvalue weighted by Gasteiger charge is -2.09. The van der Waals surface area contributed by atoms with Gasteiger partial charge in [0.1, 0.15) is 0 Å². The number of aryl methyl sites for hydroxylation is 2. The summed E-state index contributed by atoms with van der Waals surface area (Å²) in [6.07, 6.45) is 6.01. The molecule has 2 saturated carbocycles. The van der Waals surface area contributed by atoms with Crippen molar-refractivity contribution in [1.29, 1.82) is 0 Å². The summed E-state index contributed by atoms with van der Waals surface area (Å²) in [5.74, 6) is 2.25. The van der Waals surface area contributed by atoms with Gasteiger partial charge in [-0.2, -0.15) is 0 Å². The first-order valence-electron chi connectivity index (χ1n) is 7.42. The Morgan fingerprint density at radius 3 is 2.39 bits per heavy atom. The molecule has 2 aliphatic rings. The Hall–Kier alpha value is -1.11. The second-order valence-electron chi connectivity index (χ2n) is 5.84. The highest BCUT2D eigenvalue weighted by molar-refractivity contribution is 6.00. The van der Waals surface area contributed by atoms with E-state index in [1.54, 1.807) is 0 Å². The molecule has 0 aromatic heterocycles. The van der Waals surface area contributed by atoms with E-state index in [4.69, 9.17) is 0 Å². The van der Waals surface area contributed by atoms with Gasteiger partial charge in [0, 0.05) is 11.5 Å². The quantitative estimate of drug-likeness (QED) is 0.728. The molecule has 1 heteroatoms. The number of fused-ring (bicyclic) bond motifs is 1. The molecule has 0 amide bonds. The van der Waals surface area contributed by atoms with E-state index < -0.39 is 0 Å². The van der Waals surface area contributed by atoms with Crippen molar-refractivity contribution < 1.29 is 4.79 Å². The zero-order valence-corrected chi connectivity index (χ0v) is 11.4. The zero-order valence-electron chi connectivity index (χ0n) is 11.4. The van der Waals surface area contributed by atoms with Crippen molar-refractivity contribution >= 4 is 5.78 Å².